The van der Waals surface area contributed by atoms with Gasteiger partial charge in [0.2, 0.25) is 0 Å². The van der Waals surface area contributed by atoms with Crippen molar-refractivity contribution >= 4 is 17.5 Å². The van der Waals surface area contributed by atoms with Gasteiger partial charge in [-0.15, -0.1) is 0 Å². The third kappa shape index (κ3) is 6.68. The molecule has 146 valence electrons. The number of carbonyl (C=O) groups is 1. The van der Waals surface area contributed by atoms with Gasteiger partial charge in [-0.3, -0.25) is 0 Å². The topological polar surface area (TPSA) is 83.1 Å². The Morgan fingerprint density at radius 1 is 1.35 bits per heavy atom. The minimum absolute atomic E-state index is 0.0380. The van der Waals surface area contributed by atoms with Gasteiger partial charge in [-0.1, -0.05) is 0 Å². The van der Waals surface area contributed by atoms with Crippen molar-refractivity contribution in [2.75, 3.05) is 49.6 Å². The number of hydrogen-bond donors (Lipinski definition) is 3. The van der Waals surface area contributed by atoms with Crippen LogP contribution in [0.25, 0.3) is 0 Å². The smallest absolute Gasteiger partial charge is 0.407 e. The van der Waals surface area contributed by atoms with E-state index in [-0.39, 0.29) is 18.9 Å². The second kappa shape index (κ2) is 9.05. The number of anilines is 2. The van der Waals surface area contributed by atoms with E-state index in [9.17, 15) is 14.3 Å². The first-order valence-corrected chi connectivity index (χ1v) is 8.75. The van der Waals surface area contributed by atoms with Crippen LogP contribution in [0.2, 0.25) is 0 Å². The fourth-order valence-corrected chi connectivity index (χ4v) is 2.50. The van der Waals surface area contributed by atoms with E-state index in [0.29, 0.717) is 37.7 Å². The van der Waals surface area contributed by atoms with Crippen LogP contribution in [0.1, 0.15) is 20.8 Å². The zero-order chi connectivity index (χ0) is 19.2. The van der Waals surface area contributed by atoms with E-state index in [0.717, 1.165) is 0 Å². The number of aliphatic hydroxyl groups excluding tert-OH is 1. The molecule has 1 aromatic rings. The summed E-state index contributed by atoms with van der Waals surface area (Å²) in [6.45, 7) is 8.02. The lowest BCUT2D eigenvalue weighted by molar-refractivity contribution is 0.0496. The molecule has 1 amide bonds. The van der Waals surface area contributed by atoms with Crippen LogP contribution in [0.15, 0.2) is 18.2 Å². The van der Waals surface area contributed by atoms with Gasteiger partial charge in [0.15, 0.2) is 0 Å². The van der Waals surface area contributed by atoms with Crippen molar-refractivity contribution in [1.82, 2.24) is 5.32 Å². The quantitative estimate of drug-likeness (QED) is 0.711. The van der Waals surface area contributed by atoms with Crippen molar-refractivity contribution in [3.05, 3.63) is 24.0 Å². The third-order valence-electron chi connectivity index (χ3n) is 3.72. The summed E-state index contributed by atoms with van der Waals surface area (Å²) in [7, 11) is 0. The molecule has 0 aromatic heterocycles. The minimum atomic E-state index is -0.829. The summed E-state index contributed by atoms with van der Waals surface area (Å²) >= 11 is 0. The summed E-state index contributed by atoms with van der Waals surface area (Å²) in [4.78, 5) is 13.5. The molecule has 1 atom stereocenters. The average Bonchev–Trinajstić information content (AvgIpc) is 2.57. The first kappa shape index (κ1) is 20.3. The van der Waals surface area contributed by atoms with E-state index in [1.54, 1.807) is 32.9 Å². The number of aliphatic hydroxyl groups is 1. The predicted octanol–water partition coefficient (Wildman–Crippen LogP) is 1.96. The number of morpholine rings is 1. The Bertz CT molecular complexity index is 601. The number of benzene rings is 1. The molecule has 0 radical (unpaired) electrons. The van der Waals surface area contributed by atoms with Crippen molar-refractivity contribution in [2.24, 2.45) is 0 Å². The second-order valence-corrected chi connectivity index (χ2v) is 7.18. The van der Waals surface area contributed by atoms with E-state index in [2.05, 4.69) is 10.6 Å². The molecule has 0 spiro atoms. The second-order valence-electron chi connectivity index (χ2n) is 7.18. The van der Waals surface area contributed by atoms with Crippen molar-refractivity contribution in [3.63, 3.8) is 0 Å². The van der Waals surface area contributed by atoms with E-state index in [1.807, 2.05) is 4.90 Å². The fraction of sp³-hybridized carbons (Fsp3) is 0.611. The normalized spacial score (nSPS) is 16.1. The van der Waals surface area contributed by atoms with Crippen LogP contribution in [0.3, 0.4) is 0 Å². The maximum atomic E-state index is 14.3. The van der Waals surface area contributed by atoms with Crippen molar-refractivity contribution in [1.29, 1.82) is 0 Å². The van der Waals surface area contributed by atoms with Gasteiger partial charge in [-0.2, -0.15) is 0 Å². The summed E-state index contributed by atoms with van der Waals surface area (Å²) < 4.78 is 24.7. The highest BCUT2D eigenvalue weighted by Gasteiger charge is 2.17. The molecule has 0 aliphatic carbocycles. The zero-order valence-electron chi connectivity index (χ0n) is 15.5. The van der Waals surface area contributed by atoms with Crippen LogP contribution in [-0.2, 0) is 9.47 Å². The first-order chi connectivity index (χ1) is 12.2. The molecule has 0 saturated carbocycles. The van der Waals surface area contributed by atoms with Gasteiger partial charge >= 0.3 is 6.09 Å². The van der Waals surface area contributed by atoms with Crippen LogP contribution in [-0.4, -0.2) is 62.3 Å². The molecule has 26 heavy (non-hydrogen) atoms. The van der Waals surface area contributed by atoms with E-state index >= 15 is 0 Å². The van der Waals surface area contributed by atoms with Gasteiger partial charge in [0.25, 0.3) is 0 Å². The third-order valence-corrected chi connectivity index (χ3v) is 3.72. The highest BCUT2D eigenvalue weighted by molar-refractivity contribution is 5.67. The van der Waals surface area contributed by atoms with Gasteiger partial charge in [0.05, 0.1) is 25.0 Å². The Morgan fingerprint density at radius 2 is 2.04 bits per heavy atom. The Kier molecular flexibility index (Phi) is 7.05. The predicted molar refractivity (Wildman–Crippen MR) is 98.2 cm³/mol. The molecule has 8 heteroatoms. The number of carbonyl (C=O) groups excluding carboxylic acids is 1. The van der Waals surface area contributed by atoms with E-state index in [1.165, 1.54) is 6.07 Å². The van der Waals surface area contributed by atoms with Crippen LogP contribution in [0.4, 0.5) is 20.6 Å². The Balaban J connectivity index is 1.78. The van der Waals surface area contributed by atoms with Gasteiger partial charge in [0, 0.05) is 31.9 Å². The summed E-state index contributed by atoms with van der Waals surface area (Å²) in [6, 6.07) is 4.88. The Labute approximate surface area is 153 Å². The summed E-state index contributed by atoms with van der Waals surface area (Å²) in [6.07, 6.45) is -1.41. The maximum absolute atomic E-state index is 14.3. The number of nitrogens with one attached hydrogen (secondary N) is 2. The highest BCUT2D eigenvalue weighted by Crippen LogP contribution is 2.23. The fourth-order valence-electron chi connectivity index (χ4n) is 2.50. The molecule has 1 aliphatic rings. The molecule has 1 unspecified atom stereocenters. The molecule has 1 heterocycles. The first-order valence-electron chi connectivity index (χ1n) is 8.75. The molecule has 7 nitrogen and oxygen atoms in total. The Hall–Kier alpha value is -2.06. The Morgan fingerprint density at radius 3 is 2.65 bits per heavy atom. The van der Waals surface area contributed by atoms with Crippen LogP contribution in [0.5, 0.6) is 0 Å². The maximum Gasteiger partial charge on any atom is 0.407 e. The number of ether oxygens (including phenoxy) is 2. The van der Waals surface area contributed by atoms with Gasteiger partial charge < -0.3 is 30.1 Å². The summed E-state index contributed by atoms with van der Waals surface area (Å²) in [5.74, 6) is -0.321. The number of halogens is 1. The number of amides is 1. The van der Waals surface area contributed by atoms with E-state index < -0.39 is 17.8 Å². The lowest BCUT2D eigenvalue weighted by Crippen LogP contribution is -2.39. The molecule has 0 bridgehead atoms. The monoisotopic (exact) mass is 369 g/mol. The van der Waals surface area contributed by atoms with Gasteiger partial charge in [-0.25, -0.2) is 9.18 Å². The average molecular weight is 369 g/mol. The minimum Gasteiger partial charge on any atom is -0.444 e. The number of rotatable bonds is 6. The van der Waals surface area contributed by atoms with Crippen LogP contribution < -0.4 is 15.5 Å². The van der Waals surface area contributed by atoms with E-state index in [4.69, 9.17) is 9.47 Å². The molecule has 2 rings (SSSR count). The van der Waals surface area contributed by atoms with Crippen LogP contribution in [0, 0.1) is 5.82 Å². The molecule has 1 saturated heterocycles. The zero-order valence-corrected chi connectivity index (χ0v) is 15.5. The largest absolute Gasteiger partial charge is 0.444 e. The standard InChI is InChI=1S/C18H28FN3O4/c1-18(2,3)26-17(24)21-12-14(23)11-20-13-4-5-16(15(19)10-13)22-6-8-25-9-7-22/h4-5,10,14,20,23H,6-9,11-12H2,1-3H3,(H,21,24). The number of nitrogens with zero attached hydrogens (tertiary/aromatic N) is 1. The van der Waals surface area contributed by atoms with Crippen molar-refractivity contribution in [3.8, 4) is 0 Å². The van der Waals surface area contributed by atoms with Crippen molar-refractivity contribution < 1.29 is 23.8 Å². The lowest BCUT2D eigenvalue weighted by Gasteiger charge is -2.29. The molecular formula is C18H28FN3O4. The van der Waals surface area contributed by atoms with Gasteiger partial charge in [-0.05, 0) is 39.0 Å². The number of hydrogen-bond acceptors (Lipinski definition) is 6. The highest BCUT2D eigenvalue weighted by atomic mass is 19.1. The van der Waals surface area contributed by atoms with Crippen LogP contribution >= 0.6 is 0 Å². The SMILES string of the molecule is CC(C)(C)OC(=O)NCC(O)CNc1ccc(N2CCOCC2)c(F)c1. The van der Waals surface area contributed by atoms with Crippen molar-refractivity contribution in [2.45, 2.75) is 32.5 Å². The molecule has 3 N–H and O–H groups in total. The molecule has 1 aromatic carbocycles. The molecule has 1 fully saturated rings. The summed E-state index contributed by atoms with van der Waals surface area (Å²) in [5.41, 5.74) is 0.523. The lowest BCUT2D eigenvalue weighted by atomic mass is 10.2. The van der Waals surface area contributed by atoms with Gasteiger partial charge in [0.1, 0.15) is 11.4 Å². The summed E-state index contributed by atoms with van der Waals surface area (Å²) in [5, 5.41) is 15.4. The number of alkyl carbamates (subject to hydrolysis) is 1. The molecule has 1 aliphatic heterocycles. The molecular weight excluding hydrogens is 341 g/mol.